The van der Waals surface area contributed by atoms with Gasteiger partial charge in [-0.1, -0.05) is 98.9 Å². The van der Waals surface area contributed by atoms with Crippen molar-refractivity contribution in [3.05, 3.63) is 70.8 Å². The van der Waals surface area contributed by atoms with Crippen molar-refractivity contribution >= 4 is 35.4 Å². The summed E-state index contributed by atoms with van der Waals surface area (Å²) in [7, 11) is 3.44. The summed E-state index contributed by atoms with van der Waals surface area (Å²) in [6.07, 6.45) is 12.6. The average Bonchev–Trinajstić information content (AvgIpc) is 4.26. The van der Waals surface area contributed by atoms with Gasteiger partial charge in [0.2, 0.25) is 35.4 Å². The second-order valence-electron chi connectivity index (χ2n) is 21.2. The molecular formula is C58H78N8O8. The summed E-state index contributed by atoms with van der Waals surface area (Å²) in [6, 6.07) is 11.5. The van der Waals surface area contributed by atoms with Crippen molar-refractivity contribution in [2.24, 2.45) is 11.8 Å². The number of hydrogen-bond donors (Lipinski definition) is 6. The number of fused-ring (bicyclic) bond motifs is 2. The molecule has 4 aliphatic carbocycles. The minimum atomic E-state index is -0.679. The Morgan fingerprint density at radius 1 is 0.554 bits per heavy atom. The predicted octanol–water partition coefficient (Wildman–Crippen LogP) is 3.92. The highest BCUT2D eigenvalue weighted by atomic mass is 16.5. The Morgan fingerprint density at radius 3 is 1.34 bits per heavy atom. The van der Waals surface area contributed by atoms with Gasteiger partial charge in [0, 0.05) is 25.9 Å². The summed E-state index contributed by atoms with van der Waals surface area (Å²) in [6.45, 7) is 4.62. The van der Waals surface area contributed by atoms with E-state index in [0.717, 1.165) is 86.5 Å². The van der Waals surface area contributed by atoms with Crippen LogP contribution in [0.25, 0.3) is 0 Å². The van der Waals surface area contributed by atoms with Gasteiger partial charge in [-0.15, -0.1) is 0 Å². The zero-order chi connectivity index (χ0) is 52.1. The van der Waals surface area contributed by atoms with Gasteiger partial charge < -0.3 is 51.2 Å². The maximum Gasteiger partial charge on any atom is 0.246 e. The quantitative estimate of drug-likeness (QED) is 0.119. The van der Waals surface area contributed by atoms with Crippen molar-refractivity contribution in [2.45, 2.75) is 177 Å². The van der Waals surface area contributed by atoms with Crippen LogP contribution in [0.3, 0.4) is 0 Å². The third-order valence-electron chi connectivity index (χ3n) is 16.6. The number of amides is 6. The fourth-order valence-corrected chi connectivity index (χ4v) is 12.2. The van der Waals surface area contributed by atoms with Gasteiger partial charge >= 0.3 is 0 Å². The van der Waals surface area contributed by atoms with Crippen molar-refractivity contribution in [3.63, 3.8) is 0 Å². The zero-order valence-electron chi connectivity index (χ0n) is 43.8. The number of carbonyl (C=O) groups excluding carboxylic acids is 6. The first-order chi connectivity index (χ1) is 36.0. The van der Waals surface area contributed by atoms with Gasteiger partial charge in [0.25, 0.3) is 0 Å². The van der Waals surface area contributed by atoms with Crippen LogP contribution in [-0.2, 0) is 51.1 Å². The molecule has 0 spiro atoms. The second-order valence-corrected chi connectivity index (χ2v) is 21.2. The molecule has 6 N–H and O–H groups in total. The molecule has 2 heterocycles. The highest BCUT2D eigenvalue weighted by Crippen LogP contribution is 2.37. The minimum Gasteiger partial charge on any atom is -0.363 e. The van der Waals surface area contributed by atoms with Gasteiger partial charge in [-0.05, 0) is 125 Å². The molecule has 10 atom stereocenters. The van der Waals surface area contributed by atoms with Gasteiger partial charge in [0.1, 0.15) is 37.4 Å². The average molecular weight is 1020 g/mol. The highest BCUT2D eigenvalue weighted by molar-refractivity contribution is 5.95. The number of rotatable bonds is 18. The van der Waals surface area contributed by atoms with Crippen molar-refractivity contribution in [1.82, 2.24) is 41.7 Å². The van der Waals surface area contributed by atoms with E-state index in [1.165, 1.54) is 0 Å². The number of nitrogens with one attached hydrogen (secondary N) is 6. The van der Waals surface area contributed by atoms with E-state index in [-0.39, 0.29) is 72.7 Å². The number of hydrogen-bond acceptors (Lipinski definition) is 10. The molecule has 0 unspecified atom stereocenters. The van der Waals surface area contributed by atoms with E-state index in [1.807, 2.05) is 48.5 Å². The Morgan fingerprint density at radius 2 is 0.946 bits per heavy atom. The number of benzene rings is 2. The lowest BCUT2D eigenvalue weighted by Gasteiger charge is -2.35. The van der Waals surface area contributed by atoms with Crippen LogP contribution in [0.4, 0.5) is 0 Å². The molecule has 16 nitrogen and oxygen atoms in total. The smallest absolute Gasteiger partial charge is 0.246 e. The molecular weight excluding hydrogens is 937 g/mol. The fraction of sp³-hybridized carbons (Fsp3) is 0.621. The lowest BCUT2D eigenvalue weighted by Crippen LogP contribution is -2.58. The maximum atomic E-state index is 14.3. The Labute approximate surface area is 437 Å². The standard InChI is InChI=1S/C58H78N8O8/c1-37(59-3)53(67)61-49(39-21-9-7-10-22-39)57(71)65-31-19-29-45(65)55(69)63-51-43-27-15-13-25-41(43)35-47(51)73-33-17-5-6-18-34-74-48-36-42-26-14-16-28-44(42)52(48)64-56(70)46-30-20-32-66(46)58(72)50(40-23-11-8-12-24-40)62-54(68)38(2)60-4/h13-16,25-28,37-40,45-52,59-60H,7-12,19-24,29-36H2,1-4H3,(H,61,67)(H,62,68)(H,63,69)(H,64,70)/t37-,38-,45-,46-,47-,48-,49-,50-,51-,52-/m0/s1. The summed E-state index contributed by atoms with van der Waals surface area (Å²) in [4.78, 5) is 86.6. The van der Waals surface area contributed by atoms with Crippen LogP contribution in [0.2, 0.25) is 0 Å². The van der Waals surface area contributed by atoms with Crippen molar-refractivity contribution in [3.8, 4) is 23.7 Å². The monoisotopic (exact) mass is 1010 g/mol. The van der Waals surface area contributed by atoms with Crippen LogP contribution in [0.5, 0.6) is 0 Å². The van der Waals surface area contributed by atoms with Gasteiger partial charge in [0.05, 0.1) is 36.4 Å². The molecule has 2 aromatic rings. The first-order valence-electron chi connectivity index (χ1n) is 27.5. The Balaban J connectivity index is 0.858. The number of ether oxygens (including phenoxy) is 2. The van der Waals surface area contributed by atoms with E-state index in [0.29, 0.717) is 51.6 Å². The molecule has 6 amide bonds. The molecule has 2 saturated carbocycles. The van der Waals surface area contributed by atoms with Crippen LogP contribution in [-0.4, -0.2) is 134 Å². The van der Waals surface area contributed by atoms with Crippen molar-refractivity contribution < 1.29 is 38.2 Å². The molecule has 16 heteroatoms. The molecule has 4 fully saturated rings. The predicted molar refractivity (Wildman–Crippen MR) is 281 cm³/mol. The first-order valence-corrected chi connectivity index (χ1v) is 27.5. The summed E-state index contributed by atoms with van der Waals surface area (Å²) < 4.78 is 12.7. The molecule has 2 aromatic carbocycles. The van der Waals surface area contributed by atoms with Crippen LogP contribution in [0, 0.1) is 35.5 Å². The summed E-state index contributed by atoms with van der Waals surface area (Å²) in [5, 5.41) is 18.6. The van der Waals surface area contributed by atoms with Crippen molar-refractivity contribution in [1.29, 1.82) is 0 Å². The van der Waals surface area contributed by atoms with E-state index < -0.39 is 48.3 Å². The Bertz CT molecular complexity index is 2280. The first kappa shape index (κ1) is 54.5. The van der Waals surface area contributed by atoms with Crippen LogP contribution < -0.4 is 31.9 Å². The zero-order valence-corrected chi connectivity index (χ0v) is 43.8. The SMILES string of the molecule is CN[C@@H](C)C(=O)N[C@H](C(=O)N1CCC[C@H]1C(=O)N[C@H]1c2ccccc2C[C@@H]1OCC#CC#CCO[C@H]1Cc2ccccc2[C@@H]1NC(=O)[C@@H]1CCCN1C(=O)[C@@H](NC(=O)[C@H](C)NC)C1CCCCC1)C1CCCCC1. The van der Waals surface area contributed by atoms with E-state index in [2.05, 4.69) is 55.6 Å². The molecule has 0 bridgehead atoms. The molecule has 0 radical (unpaired) electrons. The summed E-state index contributed by atoms with van der Waals surface area (Å²) in [5.74, 6) is 10.6. The van der Waals surface area contributed by atoms with E-state index in [4.69, 9.17) is 9.47 Å². The van der Waals surface area contributed by atoms with E-state index in [1.54, 1.807) is 37.7 Å². The molecule has 2 aliphatic heterocycles. The van der Waals surface area contributed by atoms with Gasteiger partial charge in [-0.25, -0.2) is 0 Å². The van der Waals surface area contributed by atoms with E-state index >= 15 is 0 Å². The maximum absolute atomic E-state index is 14.3. The molecule has 6 aliphatic rings. The fourth-order valence-electron chi connectivity index (χ4n) is 12.2. The lowest BCUT2D eigenvalue weighted by atomic mass is 9.83. The Kier molecular flexibility index (Phi) is 19.2. The van der Waals surface area contributed by atoms with Crippen LogP contribution in [0.1, 0.15) is 138 Å². The van der Waals surface area contributed by atoms with Crippen LogP contribution in [0.15, 0.2) is 48.5 Å². The molecule has 8 rings (SSSR count). The molecule has 398 valence electrons. The normalized spacial score (nSPS) is 25.2. The number of carbonyl (C=O) groups is 6. The molecule has 74 heavy (non-hydrogen) atoms. The highest BCUT2D eigenvalue weighted by Gasteiger charge is 2.45. The third kappa shape index (κ3) is 13.0. The topological polar surface area (TPSA) is 200 Å². The number of nitrogens with zero attached hydrogens (tertiary/aromatic N) is 2. The second kappa shape index (κ2) is 26.1. The van der Waals surface area contributed by atoms with Crippen molar-refractivity contribution in [2.75, 3.05) is 40.4 Å². The van der Waals surface area contributed by atoms with Gasteiger partial charge in [-0.3, -0.25) is 28.8 Å². The van der Waals surface area contributed by atoms with E-state index in [9.17, 15) is 28.8 Å². The lowest BCUT2D eigenvalue weighted by molar-refractivity contribution is -0.143. The number of likely N-dealkylation sites (tertiary alicyclic amines) is 2. The summed E-state index contributed by atoms with van der Waals surface area (Å²) >= 11 is 0. The van der Waals surface area contributed by atoms with Crippen LogP contribution >= 0.6 is 0 Å². The number of likely N-dealkylation sites (N-methyl/N-ethyl adjacent to an activating group) is 2. The Hall–Kier alpha value is -5.78. The third-order valence-corrected chi connectivity index (χ3v) is 16.6. The van der Waals surface area contributed by atoms with Gasteiger partial charge in [-0.2, -0.15) is 0 Å². The summed E-state index contributed by atoms with van der Waals surface area (Å²) in [5.41, 5.74) is 4.10. The largest absolute Gasteiger partial charge is 0.363 e. The molecule has 2 saturated heterocycles. The molecule has 0 aromatic heterocycles. The van der Waals surface area contributed by atoms with Gasteiger partial charge in [0.15, 0.2) is 0 Å². The minimum absolute atomic E-state index is 0.0261.